The molecule has 2 nitrogen and oxygen atoms in total. The fourth-order valence-electron chi connectivity index (χ4n) is 6.71. The Balaban J connectivity index is 0.00000116. The van der Waals surface area contributed by atoms with Crippen LogP contribution < -0.4 is 5.73 Å². The van der Waals surface area contributed by atoms with Crippen LogP contribution in [0.5, 0.6) is 0 Å². The molecule has 2 heteroatoms. The van der Waals surface area contributed by atoms with Gasteiger partial charge in [0.25, 0.3) is 0 Å². The highest BCUT2D eigenvalue weighted by atomic mass is 14.7. The number of hydrogen-bond donors (Lipinski definition) is 1. The van der Waals surface area contributed by atoms with Crippen molar-refractivity contribution in [1.82, 2.24) is 4.98 Å². The molecule has 2 N–H and O–H groups in total. The van der Waals surface area contributed by atoms with Crippen molar-refractivity contribution in [2.75, 3.05) is 0 Å². The summed E-state index contributed by atoms with van der Waals surface area (Å²) in [5.41, 5.74) is 20.9. The van der Waals surface area contributed by atoms with Crippen LogP contribution in [0.1, 0.15) is 114 Å². The van der Waals surface area contributed by atoms with Crippen LogP contribution in [0.3, 0.4) is 0 Å². The van der Waals surface area contributed by atoms with Crippen LogP contribution in [0.4, 0.5) is 0 Å². The lowest BCUT2D eigenvalue weighted by atomic mass is 9.75. The number of aromatic nitrogens is 1. The third-order valence-corrected chi connectivity index (χ3v) is 9.16. The van der Waals surface area contributed by atoms with Crippen molar-refractivity contribution >= 4 is 27.8 Å². The summed E-state index contributed by atoms with van der Waals surface area (Å²) in [7, 11) is 0. The Morgan fingerprint density at radius 1 is 0.674 bits per heavy atom. The van der Waals surface area contributed by atoms with E-state index in [0.717, 1.165) is 29.4 Å². The van der Waals surface area contributed by atoms with E-state index in [1.807, 2.05) is 47.6 Å². The molecule has 0 aliphatic heterocycles. The molecule has 0 bridgehead atoms. The first kappa shape index (κ1) is 38.3. The van der Waals surface area contributed by atoms with Crippen molar-refractivity contribution in [3.05, 3.63) is 106 Å². The van der Waals surface area contributed by atoms with Crippen LogP contribution in [-0.2, 0) is 5.41 Å². The highest BCUT2D eigenvalue weighted by Gasteiger charge is 2.28. The van der Waals surface area contributed by atoms with Crippen molar-refractivity contribution in [2.45, 2.75) is 115 Å². The van der Waals surface area contributed by atoms with Gasteiger partial charge in [-0.25, -0.2) is 4.98 Å². The summed E-state index contributed by atoms with van der Waals surface area (Å²) in [5.74, 6) is 0. The maximum absolute atomic E-state index is 5.99. The lowest BCUT2D eigenvalue weighted by Crippen LogP contribution is -2.20. The number of nitrogens with two attached hydrogens (primary N) is 1. The Hall–Kier alpha value is -3.91. The fourth-order valence-corrected chi connectivity index (χ4v) is 6.71. The zero-order valence-electron chi connectivity index (χ0n) is 31.4. The van der Waals surface area contributed by atoms with E-state index < -0.39 is 0 Å². The van der Waals surface area contributed by atoms with Gasteiger partial charge >= 0.3 is 0 Å². The van der Waals surface area contributed by atoms with Gasteiger partial charge in [-0.1, -0.05) is 122 Å². The van der Waals surface area contributed by atoms with Crippen LogP contribution in [0.15, 0.2) is 66.9 Å². The number of pyridine rings is 1. The van der Waals surface area contributed by atoms with Crippen molar-refractivity contribution in [3.8, 4) is 22.3 Å². The average Bonchev–Trinajstić information content (AvgIpc) is 3.06. The predicted molar refractivity (Wildman–Crippen MR) is 209 cm³/mol. The van der Waals surface area contributed by atoms with Crippen LogP contribution in [0.25, 0.3) is 50.0 Å². The molecule has 0 spiro atoms. The molecule has 0 amide bonds. The van der Waals surface area contributed by atoms with Gasteiger partial charge in [0.05, 0.1) is 11.2 Å². The van der Waals surface area contributed by atoms with E-state index in [4.69, 9.17) is 10.7 Å². The number of benzene rings is 4. The van der Waals surface area contributed by atoms with Crippen LogP contribution in [-0.4, -0.2) is 4.98 Å². The van der Waals surface area contributed by atoms with Crippen molar-refractivity contribution in [1.29, 1.82) is 0 Å². The maximum atomic E-state index is 5.99. The summed E-state index contributed by atoms with van der Waals surface area (Å²) >= 11 is 0. The second-order valence-corrected chi connectivity index (χ2v) is 11.8. The Morgan fingerprint density at radius 3 is 1.76 bits per heavy atom. The zero-order chi connectivity index (χ0) is 34.8. The Bertz CT molecular complexity index is 1740. The molecule has 0 unspecified atom stereocenters. The largest absolute Gasteiger partial charge is 0.405 e. The summed E-state index contributed by atoms with van der Waals surface area (Å²) in [4.78, 5) is 5.39. The third kappa shape index (κ3) is 7.38. The summed E-state index contributed by atoms with van der Waals surface area (Å²) < 4.78 is 0. The van der Waals surface area contributed by atoms with Crippen molar-refractivity contribution in [3.63, 3.8) is 0 Å². The molecule has 0 saturated carbocycles. The van der Waals surface area contributed by atoms with Gasteiger partial charge in [0.2, 0.25) is 0 Å². The summed E-state index contributed by atoms with van der Waals surface area (Å²) in [6.45, 7) is 30.0. The van der Waals surface area contributed by atoms with E-state index in [1.165, 1.54) is 66.4 Å². The monoisotopic (exact) mass is 616 g/mol. The minimum absolute atomic E-state index is 0.0166. The quantitative estimate of drug-likeness (QED) is 0.193. The Morgan fingerprint density at radius 2 is 1.24 bits per heavy atom. The van der Waals surface area contributed by atoms with E-state index in [1.54, 1.807) is 6.20 Å². The summed E-state index contributed by atoms with van der Waals surface area (Å²) in [5, 5.41) is 3.58. The first-order valence-electron chi connectivity index (χ1n) is 17.6. The molecular formula is C44H60N2. The van der Waals surface area contributed by atoms with Gasteiger partial charge in [0.15, 0.2) is 0 Å². The summed E-state index contributed by atoms with van der Waals surface area (Å²) in [6.07, 6.45) is 5.66. The minimum Gasteiger partial charge on any atom is -0.405 e. The van der Waals surface area contributed by atoms with Gasteiger partial charge in [0.1, 0.15) is 0 Å². The molecule has 0 aliphatic carbocycles. The van der Waals surface area contributed by atoms with Gasteiger partial charge in [-0.3, -0.25) is 0 Å². The molecule has 4 aromatic carbocycles. The van der Waals surface area contributed by atoms with Crippen LogP contribution >= 0.6 is 0 Å². The number of aryl methyl sites for hydroxylation is 5. The molecule has 0 saturated heterocycles. The normalized spacial score (nSPS) is 11.0. The number of hydrogen-bond acceptors (Lipinski definition) is 2. The average molecular weight is 617 g/mol. The van der Waals surface area contributed by atoms with Gasteiger partial charge in [0, 0.05) is 10.8 Å². The van der Waals surface area contributed by atoms with E-state index >= 15 is 0 Å². The van der Waals surface area contributed by atoms with Gasteiger partial charge in [-0.2, -0.15) is 0 Å². The first-order chi connectivity index (χ1) is 22.1. The fraction of sp³-hybridized carbons (Fsp3) is 0.386. The molecule has 5 rings (SSSR count). The second-order valence-electron chi connectivity index (χ2n) is 11.8. The van der Waals surface area contributed by atoms with Gasteiger partial charge in [-0.15, -0.1) is 0 Å². The lowest BCUT2D eigenvalue weighted by molar-refractivity contribution is 0.442. The van der Waals surface area contributed by atoms with E-state index in [0.29, 0.717) is 0 Å². The summed E-state index contributed by atoms with van der Waals surface area (Å²) in [6, 6.07) is 22.7. The highest BCUT2D eigenvalue weighted by Crippen LogP contribution is 2.44. The van der Waals surface area contributed by atoms with Crippen LogP contribution in [0.2, 0.25) is 0 Å². The maximum Gasteiger partial charge on any atom is 0.0759 e. The smallest absolute Gasteiger partial charge is 0.0759 e. The predicted octanol–water partition coefficient (Wildman–Crippen LogP) is 13.3. The van der Waals surface area contributed by atoms with Gasteiger partial charge in [-0.05, 0) is 127 Å². The minimum atomic E-state index is 0.0166. The number of fused-ring (bicyclic) bond motifs is 3. The molecule has 5 aromatic rings. The number of rotatable bonds is 6. The zero-order valence-corrected chi connectivity index (χ0v) is 31.4. The van der Waals surface area contributed by atoms with E-state index in [9.17, 15) is 0 Å². The van der Waals surface area contributed by atoms with Gasteiger partial charge < -0.3 is 5.73 Å². The lowest BCUT2D eigenvalue weighted by Gasteiger charge is -2.30. The Labute approximate surface area is 281 Å². The molecule has 246 valence electrons. The Kier molecular flexibility index (Phi) is 14.3. The standard InChI is InChI=1S/C38H42N2.3C2H6/c1-9-38(8,10-2)32-17-16-30(35-26(6)20-23(3)21-27(35)7)36-31-22-28(34-24(4)12-11-13-25(34)5)14-15-29(31)33(18-19-39)40-37(32)36;3*1-2/h11-22H,9-10,39H2,1-8H3;3*1-2H3/b19-18-;;;. The van der Waals surface area contributed by atoms with Crippen LogP contribution in [0, 0.1) is 34.6 Å². The topological polar surface area (TPSA) is 38.9 Å². The molecule has 0 aliphatic rings. The second kappa shape index (κ2) is 17.1. The van der Waals surface area contributed by atoms with E-state index in [2.05, 4.69) is 116 Å². The first-order valence-corrected chi connectivity index (χ1v) is 17.6. The SMILES string of the molecule is CC.CC.CC.CCC(C)(CC)c1ccc(-c2c(C)cc(C)cc2C)c2c1nc(/C=C\N)c1ccc(-c3c(C)cccc3C)cc12. The molecule has 0 atom stereocenters. The molecule has 1 heterocycles. The molecule has 0 radical (unpaired) electrons. The third-order valence-electron chi connectivity index (χ3n) is 9.16. The number of nitrogens with zero attached hydrogens (tertiary/aromatic N) is 1. The molecule has 1 aromatic heterocycles. The van der Waals surface area contributed by atoms with E-state index in [-0.39, 0.29) is 5.41 Å². The highest BCUT2D eigenvalue weighted by molar-refractivity contribution is 6.17. The molecule has 46 heavy (non-hydrogen) atoms. The van der Waals surface area contributed by atoms with Crippen molar-refractivity contribution in [2.24, 2.45) is 5.73 Å². The van der Waals surface area contributed by atoms with Crippen molar-refractivity contribution < 1.29 is 0 Å². The molecular weight excluding hydrogens is 556 g/mol. The molecule has 0 fully saturated rings.